The molecule has 1 heterocycles. The molecule has 0 atom stereocenters. The lowest BCUT2D eigenvalue weighted by molar-refractivity contribution is 0.403. The quantitative estimate of drug-likeness (QED) is 0.435. The molecule has 0 saturated heterocycles. The highest BCUT2D eigenvalue weighted by atomic mass is 16.3. The van der Waals surface area contributed by atoms with Crippen LogP contribution in [0.5, 0.6) is 11.5 Å². The third-order valence-corrected chi connectivity index (χ3v) is 4.11. The van der Waals surface area contributed by atoms with Crippen LogP contribution < -0.4 is 5.56 Å². The van der Waals surface area contributed by atoms with E-state index in [-0.39, 0.29) is 17.1 Å². The molecule has 4 rings (SSSR count). The maximum Gasteiger partial charge on any atom is 0.282 e. The number of benzene rings is 3. The fraction of sp³-hybridized carbons (Fsp3) is 0. The number of nitrogens with zero attached hydrogens (tertiary/aromatic N) is 3. The lowest BCUT2D eigenvalue weighted by Crippen LogP contribution is -2.20. The Labute approximate surface area is 154 Å². The van der Waals surface area contributed by atoms with E-state index in [1.165, 1.54) is 23.0 Å². The monoisotopic (exact) mass is 357 g/mol. The molecule has 1 aromatic heterocycles. The van der Waals surface area contributed by atoms with Gasteiger partial charge in [-0.15, -0.1) is 0 Å². The SMILES string of the molecule is O=c1c2ccccc2nc(-c2ccccc2)n1N=Cc1ccc(O)c(O)c1. The van der Waals surface area contributed by atoms with Crippen LogP contribution in [-0.4, -0.2) is 26.1 Å². The zero-order chi connectivity index (χ0) is 18.8. The number of phenolic OH excluding ortho intramolecular Hbond substituents is 2. The molecule has 0 aliphatic rings. The molecular weight excluding hydrogens is 342 g/mol. The largest absolute Gasteiger partial charge is 0.504 e. The average Bonchev–Trinajstić information content (AvgIpc) is 2.70. The number of hydrogen-bond donors (Lipinski definition) is 2. The zero-order valence-electron chi connectivity index (χ0n) is 14.1. The summed E-state index contributed by atoms with van der Waals surface area (Å²) in [4.78, 5) is 17.6. The van der Waals surface area contributed by atoms with Gasteiger partial charge in [0.25, 0.3) is 5.56 Å². The normalized spacial score (nSPS) is 11.3. The first kappa shape index (κ1) is 16.5. The Bertz CT molecular complexity index is 1210. The van der Waals surface area contributed by atoms with Crippen molar-refractivity contribution >= 4 is 17.1 Å². The van der Waals surface area contributed by atoms with Crippen molar-refractivity contribution in [1.29, 1.82) is 0 Å². The van der Waals surface area contributed by atoms with Crippen LogP contribution in [0.1, 0.15) is 5.56 Å². The Kier molecular flexibility index (Phi) is 4.14. The van der Waals surface area contributed by atoms with Crippen molar-refractivity contribution in [2.24, 2.45) is 5.10 Å². The summed E-state index contributed by atoms with van der Waals surface area (Å²) in [5.41, 5.74) is 1.59. The smallest absolute Gasteiger partial charge is 0.282 e. The summed E-state index contributed by atoms with van der Waals surface area (Å²) < 4.78 is 1.24. The van der Waals surface area contributed by atoms with Crippen molar-refractivity contribution < 1.29 is 10.2 Å². The zero-order valence-corrected chi connectivity index (χ0v) is 14.1. The van der Waals surface area contributed by atoms with Crippen molar-refractivity contribution in [3.63, 3.8) is 0 Å². The molecule has 132 valence electrons. The first-order valence-corrected chi connectivity index (χ1v) is 8.27. The molecule has 6 nitrogen and oxygen atoms in total. The van der Waals surface area contributed by atoms with Gasteiger partial charge in [-0.25, -0.2) is 4.98 Å². The van der Waals surface area contributed by atoms with Crippen LogP contribution in [0.3, 0.4) is 0 Å². The molecule has 0 bridgehead atoms. The molecule has 0 aliphatic carbocycles. The molecule has 0 amide bonds. The summed E-state index contributed by atoms with van der Waals surface area (Å²) in [7, 11) is 0. The third kappa shape index (κ3) is 3.16. The molecule has 6 heteroatoms. The second-order valence-corrected chi connectivity index (χ2v) is 5.93. The molecule has 0 aliphatic heterocycles. The highest BCUT2D eigenvalue weighted by molar-refractivity contribution is 5.82. The number of hydrogen-bond acceptors (Lipinski definition) is 5. The maximum atomic E-state index is 13.0. The summed E-state index contributed by atoms with van der Waals surface area (Å²) in [6.07, 6.45) is 1.43. The van der Waals surface area contributed by atoms with Gasteiger partial charge in [0.05, 0.1) is 17.1 Å². The van der Waals surface area contributed by atoms with Crippen LogP contribution in [0.4, 0.5) is 0 Å². The minimum Gasteiger partial charge on any atom is -0.504 e. The first-order chi connectivity index (χ1) is 13.1. The van der Waals surface area contributed by atoms with E-state index in [1.54, 1.807) is 24.3 Å². The lowest BCUT2D eigenvalue weighted by Gasteiger charge is -2.09. The summed E-state index contributed by atoms with van der Waals surface area (Å²) in [6.45, 7) is 0. The number of aromatic nitrogens is 2. The van der Waals surface area contributed by atoms with Crippen LogP contribution in [0, 0.1) is 0 Å². The molecule has 2 N–H and O–H groups in total. The van der Waals surface area contributed by atoms with Gasteiger partial charge in [0.1, 0.15) is 0 Å². The van der Waals surface area contributed by atoms with Crippen LogP contribution in [0.25, 0.3) is 22.3 Å². The number of fused-ring (bicyclic) bond motifs is 1. The molecule has 0 unspecified atom stereocenters. The second kappa shape index (κ2) is 6.76. The average molecular weight is 357 g/mol. The molecule has 0 saturated carbocycles. The van der Waals surface area contributed by atoms with Crippen molar-refractivity contribution in [2.45, 2.75) is 0 Å². The van der Waals surface area contributed by atoms with Crippen molar-refractivity contribution in [2.75, 3.05) is 0 Å². The Morgan fingerprint density at radius 3 is 2.41 bits per heavy atom. The van der Waals surface area contributed by atoms with Crippen molar-refractivity contribution in [1.82, 2.24) is 9.66 Å². The van der Waals surface area contributed by atoms with E-state index < -0.39 is 0 Å². The summed E-state index contributed by atoms with van der Waals surface area (Å²) in [6, 6.07) is 20.7. The van der Waals surface area contributed by atoms with E-state index in [9.17, 15) is 15.0 Å². The Hall–Kier alpha value is -3.93. The standard InChI is InChI=1S/C21H15N3O3/c25-18-11-10-14(12-19(18)26)13-22-24-20(15-6-2-1-3-7-15)23-17-9-5-4-8-16(17)21(24)27/h1-13,25-26H. The van der Waals surface area contributed by atoms with Crippen molar-refractivity contribution in [3.05, 3.63) is 88.7 Å². The molecular formula is C21H15N3O3. The van der Waals surface area contributed by atoms with Gasteiger partial charge in [0, 0.05) is 5.56 Å². The number of phenols is 2. The Morgan fingerprint density at radius 1 is 0.889 bits per heavy atom. The minimum absolute atomic E-state index is 0.221. The van der Waals surface area contributed by atoms with E-state index in [2.05, 4.69) is 10.1 Å². The number of rotatable bonds is 3. The fourth-order valence-corrected chi connectivity index (χ4v) is 2.75. The van der Waals surface area contributed by atoms with Gasteiger partial charge in [0.2, 0.25) is 0 Å². The van der Waals surface area contributed by atoms with E-state index in [4.69, 9.17) is 0 Å². The molecule has 0 spiro atoms. The highest BCUT2D eigenvalue weighted by Gasteiger charge is 2.12. The van der Waals surface area contributed by atoms with Gasteiger partial charge in [0.15, 0.2) is 17.3 Å². The molecule has 3 aromatic carbocycles. The molecule has 27 heavy (non-hydrogen) atoms. The molecule has 0 fully saturated rings. The lowest BCUT2D eigenvalue weighted by atomic mass is 10.2. The van der Waals surface area contributed by atoms with Crippen LogP contribution in [0.2, 0.25) is 0 Å². The third-order valence-electron chi connectivity index (χ3n) is 4.11. The highest BCUT2D eigenvalue weighted by Crippen LogP contribution is 2.24. The molecule has 0 radical (unpaired) electrons. The number of aromatic hydroxyl groups is 2. The second-order valence-electron chi connectivity index (χ2n) is 5.93. The predicted molar refractivity (Wildman–Crippen MR) is 104 cm³/mol. The van der Waals surface area contributed by atoms with E-state index >= 15 is 0 Å². The summed E-state index contributed by atoms with van der Waals surface area (Å²) >= 11 is 0. The van der Waals surface area contributed by atoms with Gasteiger partial charge in [-0.05, 0) is 35.9 Å². The first-order valence-electron chi connectivity index (χ1n) is 8.27. The topological polar surface area (TPSA) is 87.7 Å². The van der Waals surface area contributed by atoms with Crippen LogP contribution >= 0.6 is 0 Å². The Balaban J connectivity index is 1.92. The van der Waals surface area contributed by atoms with Gasteiger partial charge < -0.3 is 10.2 Å². The van der Waals surface area contributed by atoms with Crippen LogP contribution in [0.15, 0.2) is 82.7 Å². The van der Waals surface area contributed by atoms with Gasteiger partial charge in [-0.1, -0.05) is 42.5 Å². The molecule has 4 aromatic rings. The fourth-order valence-electron chi connectivity index (χ4n) is 2.75. The van der Waals surface area contributed by atoms with Gasteiger partial charge in [-0.2, -0.15) is 9.78 Å². The van der Waals surface area contributed by atoms with E-state index in [1.807, 2.05) is 36.4 Å². The van der Waals surface area contributed by atoms with Gasteiger partial charge >= 0.3 is 0 Å². The summed E-state index contributed by atoms with van der Waals surface area (Å²) in [5.74, 6) is -0.0635. The Morgan fingerprint density at radius 2 is 1.63 bits per heavy atom. The van der Waals surface area contributed by atoms with Crippen molar-refractivity contribution in [3.8, 4) is 22.9 Å². The van der Waals surface area contributed by atoms with E-state index in [0.29, 0.717) is 22.3 Å². The maximum absolute atomic E-state index is 13.0. The van der Waals surface area contributed by atoms with Gasteiger partial charge in [-0.3, -0.25) is 4.79 Å². The minimum atomic E-state index is -0.293. The summed E-state index contributed by atoms with van der Waals surface area (Å²) in [5, 5.41) is 23.8. The van der Waals surface area contributed by atoms with Crippen LogP contribution in [-0.2, 0) is 0 Å². The predicted octanol–water partition coefficient (Wildman–Crippen LogP) is 3.36. The number of para-hydroxylation sites is 1. The van der Waals surface area contributed by atoms with E-state index in [0.717, 1.165) is 5.56 Å².